The molecule has 3 aromatic carbocycles. The van der Waals surface area contributed by atoms with Crippen LogP contribution >= 0.6 is 0 Å². The summed E-state index contributed by atoms with van der Waals surface area (Å²) in [7, 11) is 0. The van der Waals surface area contributed by atoms with Gasteiger partial charge in [-0.1, -0.05) is 24.3 Å². The maximum atomic E-state index is 13.9. The van der Waals surface area contributed by atoms with Crippen LogP contribution in [-0.4, -0.2) is 0 Å². The normalized spacial score (nSPS) is 13.5. The van der Waals surface area contributed by atoms with E-state index in [1.54, 1.807) is 12.1 Å². The summed E-state index contributed by atoms with van der Waals surface area (Å²) in [6, 6.07) is 12.4. The number of para-hydroxylation sites is 4. The summed E-state index contributed by atoms with van der Waals surface area (Å²) in [5.41, 5.74) is -5.02. The third-order valence-corrected chi connectivity index (χ3v) is 4.59. The van der Waals surface area contributed by atoms with Crippen LogP contribution in [0.4, 0.5) is 47.8 Å². The molecule has 0 unspecified atom stereocenters. The second-order valence-electron chi connectivity index (χ2n) is 6.54. The van der Waals surface area contributed by atoms with E-state index in [1.807, 2.05) is 0 Å². The van der Waals surface area contributed by atoms with Gasteiger partial charge in [0.1, 0.15) is 6.67 Å². The van der Waals surface area contributed by atoms with Crippen molar-refractivity contribution in [2.45, 2.75) is 19.0 Å². The number of halogens is 7. The van der Waals surface area contributed by atoms with E-state index < -0.39 is 41.4 Å². The van der Waals surface area contributed by atoms with Crippen LogP contribution in [0.25, 0.3) is 0 Å². The maximum absolute atomic E-state index is 13.9. The largest absolute Gasteiger partial charge is 0.453 e. The molecule has 1 aliphatic heterocycles. The summed E-state index contributed by atoms with van der Waals surface area (Å²) in [4.78, 5) is 0.863. The van der Waals surface area contributed by atoms with Gasteiger partial charge in [-0.15, -0.1) is 0 Å². The summed E-state index contributed by atoms with van der Waals surface area (Å²) in [6.45, 7) is -1.47. The smallest absolute Gasteiger partial charge is 0.418 e. The van der Waals surface area contributed by atoms with Gasteiger partial charge >= 0.3 is 12.4 Å². The summed E-state index contributed by atoms with van der Waals surface area (Å²) in [5.74, 6) is 0.180. The minimum absolute atomic E-state index is 0.000184. The first kappa shape index (κ1) is 20.1. The highest BCUT2D eigenvalue weighted by Crippen LogP contribution is 2.55. The van der Waals surface area contributed by atoms with E-state index in [0.717, 1.165) is 4.90 Å². The topological polar surface area (TPSA) is 12.5 Å². The van der Waals surface area contributed by atoms with Gasteiger partial charge in [0.15, 0.2) is 11.5 Å². The second kappa shape index (κ2) is 6.93. The van der Waals surface area contributed by atoms with Gasteiger partial charge in [0.2, 0.25) is 0 Å². The van der Waals surface area contributed by atoms with Crippen molar-refractivity contribution in [1.82, 2.24) is 0 Å². The number of anilines is 3. The SMILES string of the molecule is FCc1cc(C(F)(F)F)c(N2c3ccccc3Oc3ccccc32)c(C(F)(F)F)c1. The molecule has 0 spiro atoms. The molecule has 0 N–H and O–H groups in total. The molecular formula is C21H12F7NO. The molecule has 0 amide bonds. The molecule has 0 bridgehead atoms. The summed E-state index contributed by atoms with van der Waals surface area (Å²) in [6.07, 6.45) is -10.3. The van der Waals surface area contributed by atoms with Crippen molar-refractivity contribution < 1.29 is 35.5 Å². The van der Waals surface area contributed by atoms with Gasteiger partial charge in [0.25, 0.3) is 0 Å². The van der Waals surface area contributed by atoms with Crippen molar-refractivity contribution >= 4 is 17.1 Å². The number of nitrogens with zero attached hydrogens (tertiary/aromatic N) is 1. The quantitative estimate of drug-likeness (QED) is 0.303. The van der Waals surface area contributed by atoms with Crippen molar-refractivity contribution in [2.75, 3.05) is 4.90 Å². The lowest BCUT2D eigenvalue weighted by Gasteiger charge is -2.36. The number of ether oxygens (including phenoxy) is 1. The Bertz CT molecular complexity index is 1020. The minimum atomic E-state index is -5.16. The van der Waals surface area contributed by atoms with E-state index in [2.05, 4.69) is 0 Å². The summed E-state index contributed by atoms with van der Waals surface area (Å²) < 4.78 is 102. The molecule has 156 valence electrons. The van der Waals surface area contributed by atoms with E-state index in [-0.39, 0.29) is 22.9 Å². The predicted molar refractivity (Wildman–Crippen MR) is 96.0 cm³/mol. The van der Waals surface area contributed by atoms with Crippen molar-refractivity contribution in [2.24, 2.45) is 0 Å². The van der Waals surface area contributed by atoms with E-state index in [0.29, 0.717) is 12.1 Å². The van der Waals surface area contributed by atoms with E-state index in [1.165, 1.54) is 36.4 Å². The first-order valence-corrected chi connectivity index (χ1v) is 8.64. The van der Waals surface area contributed by atoms with Crippen LogP contribution in [-0.2, 0) is 19.0 Å². The molecule has 4 rings (SSSR count). The van der Waals surface area contributed by atoms with Crippen molar-refractivity contribution in [3.63, 3.8) is 0 Å². The molecule has 0 saturated carbocycles. The molecular weight excluding hydrogens is 415 g/mol. The molecule has 1 heterocycles. The fraction of sp³-hybridized carbons (Fsp3) is 0.143. The average molecular weight is 427 g/mol. The maximum Gasteiger partial charge on any atom is 0.418 e. The zero-order valence-corrected chi connectivity index (χ0v) is 15.0. The molecule has 0 saturated heterocycles. The highest BCUT2D eigenvalue weighted by atomic mass is 19.4. The molecule has 9 heteroatoms. The fourth-order valence-electron chi connectivity index (χ4n) is 3.39. The first-order valence-electron chi connectivity index (χ1n) is 8.64. The Hall–Kier alpha value is -3.23. The van der Waals surface area contributed by atoms with Gasteiger partial charge in [-0.25, -0.2) is 4.39 Å². The van der Waals surface area contributed by atoms with Gasteiger partial charge in [-0.3, -0.25) is 0 Å². The third-order valence-electron chi connectivity index (χ3n) is 4.59. The first-order chi connectivity index (χ1) is 14.1. The van der Waals surface area contributed by atoms with Crippen LogP contribution in [0.3, 0.4) is 0 Å². The monoisotopic (exact) mass is 427 g/mol. The number of rotatable bonds is 2. The zero-order chi connectivity index (χ0) is 21.7. The Morgan fingerprint density at radius 3 is 1.53 bits per heavy atom. The Morgan fingerprint density at radius 1 is 0.700 bits per heavy atom. The third kappa shape index (κ3) is 3.34. The number of fused-ring (bicyclic) bond motifs is 2. The second-order valence-corrected chi connectivity index (χ2v) is 6.54. The molecule has 30 heavy (non-hydrogen) atoms. The van der Waals surface area contributed by atoms with Crippen LogP contribution in [0.2, 0.25) is 0 Å². The molecule has 0 radical (unpaired) electrons. The molecule has 0 aromatic heterocycles. The standard InChI is InChI=1S/C21H12F7NO/c22-11-12-9-13(20(23,24)25)19(14(10-12)21(26,27)28)29-15-5-1-3-7-17(15)30-18-8-4-2-6-16(18)29/h1-10H,11H2. The lowest BCUT2D eigenvalue weighted by atomic mass is 9.98. The fourth-order valence-corrected chi connectivity index (χ4v) is 3.39. The predicted octanol–water partition coefficient (Wildman–Crippen LogP) is 7.77. The minimum Gasteiger partial charge on any atom is -0.453 e. The lowest BCUT2D eigenvalue weighted by Crippen LogP contribution is -2.24. The molecule has 0 fully saturated rings. The Balaban J connectivity index is 2.13. The molecule has 3 aromatic rings. The van der Waals surface area contributed by atoms with Crippen LogP contribution in [0, 0.1) is 0 Å². The molecule has 1 aliphatic rings. The molecule has 0 atom stereocenters. The van der Waals surface area contributed by atoms with E-state index in [4.69, 9.17) is 4.74 Å². The number of benzene rings is 3. The summed E-state index contributed by atoms with van der Waals surface area (Å²) >= 11 is 0. The van der Waals surface area contributed by atoms with Gasteiger partial charge in [0, 0.05) is 0 Å². The van der Waals surface area contributed by atoms with Crippen molar-refractivity contribution in [1.29, 1.82) is 0 Å². The Kier molecular flexibility index (Phi) is 4.63. The number of alkyl halides is 7. The van der Waals surface area contributed by atoms with Crippen LogP contribution in [0.15, 0.2) is 60.7 Å². The van der Waals surface area contributed by atoms with E-state index in [9.17, 15) is 30.7 Å². The van der Waals surface area contributed by atoms with Crippen molar-refractivity contribution in [3.05, 3.63) is 77.4 Å². The van der Waals surface area contributed by atoms with Gasteiger partial charge in [-0.05, 0) is 42.0 Å². The highest BCUT2D eigenvalue weighted by molar-refractivity contribution is 5.89. The van der Waals surface area contributed by atoms with Gasteiger partial charge in [-0.2, -0.15) is 26.3 Å². The van der Waals surface area contributed by atoms with E-state index >= 15 is 0 Å². The average Bonchev–Trinajstić information content (AvgIpc) is 2.69. The zero-order valence-electron chi connectivity index (χ0n) is 15.0. The van der Waals surface area contributed by atoms with Crippen molar-refractivity contribution in [3.8, 4) is 11.5 Å². The van der Waals surface area contributed by atoms with Crippen LogP contribution in [0.1, 0.15) is 16.7 Å². The number of hydrogen-bond donors (Lipinski definition) is 0. The number of hydrogen-bond acceptors (Lipinski definition) is 2. The summed E-state index contributed by atoms with van der Waals surface area (Å²) in [5, 5.41) is 0. The Morgan fingerprint density at radius 2 is 1.13 bits per heavy atom. The molecule has 2 nitrogen and oxygen atoms in total. The Labute approximate surface area is 166 Å². The molecule has 0 aliphatic carbocycles. The van der Waals surface area contributed by atoms with Crippen LogP contribution in [0.5, 0.6) is 11.5 Å². The van der Waals surface area contributed by atoms with Crippen LogP contribution < -0.4 is 9.64 Å². The van der Waals surface area contributed by atoms with Gasteiger partial charge in [0.05, 0.1) is 28.2 Å². The highest BCUT2D eigenvalue weighted by Gasteiger charge is 2.45. The van der Waals surface area contributed by atoms with Gasteiger partial charge < -0.3 is 9.64 Å². The lowest BCUT2D eigenvalue weighted by molar-refractivity contribution is -0.142.